The summed E-state index contributed by atoms with van der Waals surface area (Å²) in [6, 6.07) is 24.3. The summed E-state index contributed by atoms with van der Waals surface area (Å²) in [5, 5.41) is 14.9. The zero-order valence-corrected chi connectivity index (χ0v) is 22.0. The van der Waals surface area contributed by atoms with Crippen LogP contribution in [0.5, 0.6) is 0 Å². The Morgan fingerprint density at radius 3 is 2.38 bits per heavy atom. The van der Waals surface area contributed by atoms with Gasteiger partial charge < -0.3 is 15.9 Å². The van der Waals surface area contributed by atoms with E-state index in [0.717, 1.165) is 48.2 Å². The zero-order chi connectivity index (χ0) is 27.5. The third-order valence-corrected chi connectivity index (χ3v) is 7.19. The number of anilines is 2. The second-order valence-electron chi connectivity index (χ2n) is 9.93. The lowest BCUT2D eigenvalue weighted by molar-refractivity contribution is 0.201. The topological polar surface area (TPSA) is 139 Å². The molecule has 1 aliphatic heterocycles. The van der Waals surface area contributed by atoms with Crippen molar-refractivity contribution in [1.82, 2.24) is 15.2 Å². The largest absolute Gasteiger partial charge is 0.419 e. The molecule has 6 rings (SSSR count). The van der Waals surface area contributed by atoms with E-state index in [-0.39, 0.29) is 24.5 Å². The molecule has 40 heavy (non-hydrogen) atoms. The molecule has 1 fully saturated rings. The van der Waals surface area contributed by atoms with Gasteiger partial charge in [0.1, 0.15) is 6.54 Å². The smallest absolute Gasteiger partial charge is 0.350 e. The van der Waals surface area contributed by atoms with Crippen molar-refractivity contribution in [2.45, 2.75) is 38.6 Å². The Labute approximate surface area is 232 Å². The molecule has 0 atom stereocenters. The van der Waals surface area contributed by atoms with E-state index in [2.05, 4.69) is 15.2 Å². The number of hydrazone groups is 1. The molecule has 1 aromatic heterocycles. The number of benzene rings is 3. The summed E-state index contributed by atoms with van der Waals surface area (Å²) in [4.78, 5) is 20.0. The summed E-state index contributed by atoms with van der Waals surface area (Å²) in [6.45, 7) is 0.0332. The van der Waals surface area contributed by atoms with Crippen LogP contribution in [-0.4, -0.2) is 32.9 Å². The molecule has 0 saturated heterocycles. The van der Waals surface area contributed by atoms with E-state index < -0.39 is 0 Å². The maximum atomic E-state index is 14.3. The summed E-state index contributed by atoms with van der Waals surface area (Å²) in [5.74, 6) is 0.907. The first-order valence-corrected chi connectivity index (χ1v) is 13.4. The van der Waals surface area contributed by atoms with Crippen LogP contribution in [0.1, 0.15) is 43.6 Å². The van der Waals surface area contributed by atoms with Crippen molar-refractivity contribution in [2.75, 3.05) is 4.90 Å². The first-order chi connectivity index (χ1) is 19.6. The number of nitrogens with zero attached hydrogens (tertiary/aromatic N) is 6. The van der Waals surface area contributed by atoms with Crippen LogP contribution in [0.3, 0.4) is 0 Å². The Kier molecular flexibility index (Phi) is 6.96. The van der Waals surface area contributed by atoms with Gasteiger partial charge in [0, 0.05) is 17.0 Å². The van der Waals surface area contributed by atoms with Crippen molar-refractivity contribution in [3.63, 3.8) is 0 Å². The molecule has 202 valence electrons. The van der Waals surface area contributed by atoms with Crippen molar-refractivity contribution in [2.24, 2.45) is 27.5 Å². The van der Waals surface area contributed by atoms with Gasteiger partial charge in [-0.3, -0.25) is 4.90 Å². The fraction of sp³-hybridized carbons (Fsp3) is 0.233. The van der Waals surface area contributed by atoms with Crippen LogP contribution in [0.15, 0.2) is 93.4 Å². The number of hydrogen-bond donors (Lipinski definition) is 2. The molecular weight excluding hydrogens is 504 g/mol. The number of carbonyl (C=O) groups is 1. The number of guanidine groups is 1. The van der Waals surface area contributed by atoms with Crippen molar-refractivity contribution in [3.05, 3.63) is 90.3 Å². The van der Waals surface area contributed by atoms with E-state index in [4.69, 9.17) is 21.0 Å². The van der Waals surface area contributed by atoms with Crippen LogP contribution in [0.4, 0.5) is 21.9 Å². The number of nitrogens with two attached hydrogens (primary N) is 2. The third-order valence-electron chi connectivity index (χ3n) is 7.19. The number of carbonyl (C=O) groups excluding carboxylic acids is 1. The van der Waals surface area contributed by atoms with Gasteiger partial charge in [-0.25, -0.2) is 14.8 Å². The summed E-state index contributed by atoms with van der Waals surface area (Å²) in [6.07, 6.45) is 5.55. The molecule has 10 heteroatoms. The fourth-order valence-corrected chi connectivity index (χ4v) is 5.33. The van der Waals surface area contributed by atoms with Crippen LogP contribution in [-0.2, 0) is 6.54 Å². The second kappa shape index (κ2) is 11.0. The van der Waals surface area contributed by atoms with E-state index in [1.54, 1.807) is 17.0 Å². The van der Waals surface area contributed by atoms with E-state index >= 15 is 0 Å². The highest BCUT2D eigenvalue weighted by Gasteiger charge is 2.34. The van der Waals surface area contributed by atoms with E-state index in [1.807, 2.05) is 66.7 Å². The van der Waals surface area contributed by atoms with Crippen molar-refractivity contribution >= 4 is 34.8 Å². The van der Waals surface area contributed by atoms with Gasteiger partial charge in [0.25, 0.3) is 0 Å². The molecule has 4 aromatic rings. The van der Waals surface area contributed by atoms with Crippen LogP contribution in [0.25, 0.3) is 11.5 Å². The number of aromatic nitrogens is 2. The number of hydrogen-bond acceptors (Lipinski definition) is 6. The number of urea groups is 1. The van der Waals surface area contributed by atoms with Crippen molar-refractivity contribution < 1.29 is 9.21 Å². The molecular formula is C30H30N8O2. The molecule has 0 radical (unpaired) electrons. The van der Waals surface area contributed by atoms with E-state index in [9.17, 15) is 4.79 Å². The second-order valence-corrected chi connectivity index (χ2v) is 9.93. The Hall–Kier alpha value is -4.99. The number of para-hydroxylation sites is 1. The van der Waals surface area contributed by atoms with Gasteiger partial charge >= 0.3 is 6.03 Å². The lowest BCUT2D eigenvalue weighted by atomic mass is 9.83. The van der Waals surface area contributed by atoms with Crippen molar-refractivity contribution in [1.29, 1.82) is 0 Å². The third kappa shape index (κ3) is 5.15. The van der Waals surface area contributed by atoms with Crippen LogP contribution < -0.4 is 16.4 Å². The van der Waals surface area contributed by atoms with Gasteiger partial charge in [-0.2, -0.15) is 5.10 Å². The minimum absolute atomic E-state index is 0.0323. The predicted octanol–water partition coefficient (Wildman–Crippen LogP) is 5.70. The van der Waals surface area contributed by atoms with Gasteiger partial charge in [0.05, 0.1) is 22.8 Å². The van der Waals surface area contributed by atoms with Crippen LogP contribution in [0, 0.1) is 5.92 Å². The monoisotopic (exact) mass is 534 g/mol. The average molecular weight is 535 g/mol. The molecule has 3 aromatic carbocycles. The molecule has 0 unspecified atom stereocenters. The van der Waals surface area contributed by atoms with Gasteiger partial charge in [0.2, 0.25) is 11.8 Å². The summed E-state index contributed by atoms with van der Waals surface area (Å²) >= 11 is 0. The Morgan fingerprint density at radius 2 is 1.62 bits per heavy atom. The maximum Gasteiger partial charge on any atom is 0.350 e. The lowest BCUT2D eigenvalue weighted by Crippen LogP contribution is -2.37. The minimum Gasteiger partial charge on any atom is -0.419 e. The van der Waals surface area contributed by atoms with E-state index in [0.29, 0.717) is 23.2 Å². The van der Waals surface area contributed by atoms with Gasteiger partial charge in [-0.05, 0) is 55.3 Å². The minimum atomic E-state index is -0.327. The van der Waals surface area contributed by atoms with Crippen LogP contribution in [0.2, 0.25) is 0 Å². The van der Waals surface area contributed by atoms with Crippen LogP contribution >= 0.6 is 0 Å². The molecule has 1 saturated carbocycles. The number of fused-ring (bicyclic) bond motifs is 1. The fourth-order valence-electron chi connectivity index (χ4n) is 5.33. The van der Waals surface area contributed by atoms with Gasteiger partial charge in [-0.15, -0.1) is 10.2 Å². The average Bonchev–Trinajstić information content (AvgIpc) is 3.41. The Bertz CT molecular complexity index is 1550. The summed E-state index contributed by atoms with van der Waals surface area (Å²) < 4.78 is 5.97. The molecule has 0 bridgehead atoms. The molecule has 0 spiro atoms. The molecule has 2 amide bonds. The highest BCUT2D eigenvalue weighted by Crippen LogP contribution is 2.38. The lowest BCUT2D eigenvalue weighted by Gasteiger charge is -2.26. The first kappa shape index (κ1) is 25.3. The molecule has 2 heterocycles. The Balaban J connectivity index is 1.42. The first-order valence-electron chi connectivity index (χ1n) is 13.4. The molecule has 1 aliphatic carbocycles. The zero-order valence-electron chi connectivity index (χ0n) is 22.0. The highest BCUT2D eigenvalue weighted by molar-refractivity contribution is 6.13. The quantitative estimate of drug-likeness (QED) is 0.240. The molecule has 10 nitrogen and oxygen atoms in total. The normalized spacial score (nSPS) is 15.8. The Morgan fingerprint density at radius 1 is 0.900 bits per heavy atom. The standard InChI is InChI=1S/C30H30N8O2/c31-29(32)33-22-15-17-23(18-16-22)38-25-14-8-7-13-24(25)27(20-9-3-1-4-10-20)36-37(30(38)39)19-26-34-35-28(40-26)21-11-5-2-6-12-21/h2,5-8,11-18,20H,1,3-4,9-10,19H2,(H4,31,32,33). The number of amides is 2. The predicted molar refractivity (Wildman–Crippen MR) is 154 cm³/mol. The molecule has 2 aliphatic rings. The number of rotatable bonds is 6. The summed E-state index contributed by atoms with van der Waals surface area (Å²) in [7, 11) is 0. The van der Waals surface area contributed by atoms with Gasteiger partial charge in [-0.1, -0.05) is 55.7 Å². The molecule has 4 N–H and O–H groups in total. The maximum absolute atomic E-state index is 14.3. The van der Waals surface area contributed by atoms with Crippen molar-refractivity contribution in [3.8, 4) is 11.5 Å². The van der Waals surface area contributed by atoms with Gasteiger partial charge in [0.15, 0.2) is 5.96 Å². The highest BCUT2D eigenvalue weighted by atomic mass is 16.4. The van der Waals surface area contributed by atoms with E-state index in [1.165, 1.54) is 11.4 Å². The number of aliphatic imine (C=N–C) groups is 1. The summed E-state index contributed by atoms with van der Waals surface area (Å²) in [5.41, 5.74) is 15.8. The SMILES string of the molecule is NC(N)=Nc1ccc(N2C(=O)N(Cc3nnc(-c4ccccc4)o3)N=C(C3CCCCC3)c3ccccc32)cc1.